The SMILES string of the molecule is CCOC(=O)C1(C)CN(CC(=O)N(C(=O)C(=O)OC)c2ccc(C(F)(F)F)cc2)N=C1c1ccc(Cl)cc1. The molecule has 9 nitrogen and oxygen atoms in total. The molecule has 3 rings (SSSR count). The van der Waals surface area contributed by atoms with Gasteiger partial charge < -0.3 is 9.47 Å². The number of methoxy groups -OCH3 is 1. The quantitative estimate of drug-likeness (QED) is 0.397. The van der Waals surface area contributed by atoms with Crippen LogP contribution in [0.5, 0.6) is 0 Å². The molecule has 2 aromatic rings. The minimum atomic E-state index is -4.65. The number of hydrogen-bond donors (Lipinski definition) is 0. The molecule has 1 heterocycles. The molecule has 0 saturated heterocycles. The molecule has 202 valence electrons. The predicted octanol–water partition coefficient (Wildman–Crippen LogP) is 3.68. The van der Waals surface area contributed by atoms with Crippen LogP contribution < -0.4 is 4.90 Å². The number of amides is 2. The van der Waals surface area contributed by atoms with E-state index in [2.05, 4.69) is 9.84 Å². The average molecular weight is 554 g/mol. The zero-order valence-corrected chi connectivity index (χ0v) is 21.3. The number of alkyl halides is 3. The fourth-order valence-electron chi connectivity index (χ4n) is 3.83. The molecule has 38 heavy (non-hydrogen) atoms. The zero-order chi connectivity index (χ0) is 28.3. The Morgan fingerprint density at radius 3 is 2.21 bits per heavy atom. The van der Waals surface area contributed by atoms with E-state index in [0.29, 0.717) is 27.6 Å². The summed E-state index contributed by atoms with van der Waals surface area (Å²) in [5.74, 6) is -4.41. The minimum Gasteiger partial charge on any atom is -0.465 e. The van der Waals surface area contributed by atoms with Crippen LogP contribution in [0, 0.1) is 5.41 Å². The number of carbonyl (C=O) groups excluding carboxylic acids is 4. The maximum atomic E-state index is 13.3. The van der Waals surface area contributed by atoms with Gasteiger partial charge in [0, 0.05) is 5.02 Å². The highest BCUT2D eigenvalue weighted by Gasteiger charge is 2.48. The normalized spacial score (nSPS) is 17.0. The van der Waals surface area contributed by atoms with Gasteiger partial charge in [-0.1, -0.05) is 23.7 Å². The molecule has 13 heteroatoms. The highest BCUT2D eigenvalue weighted by molar-refractivity contribution is 6.43. The first-order valence-electron chi connectivity index (χ1n) is 11.2. The van der Waals surface area contributed by atoms with Gasteiger partial charge >= 0.3 is 24.0 Å². The number of ether oxygens (including phenoxy) is 2. The molecule has 1 atom stereocenters. The molecule has 0 aliphatic carbocycles. The first-order valence-corrected chi connectivity index (χ1v) is 11.6. The molecule has 0 spiro atoms. The molecule has 0 aromatic heterocycles. The Hall–Kier alpha value is -3.93. The molecule has 1 unspecified atom stereocenters. The van der Waals surface area contributed by atoms with Crippen molar-refractivity contribution in [1.29, 1.82) is 0 Å². The number of halogens is 4. The van der Waals surface area contributed by atoms with Crippen LogP contribution in [-0.2, 0) is 34.8 Å². The van der Waals surface area contributed by atoms with E-state index >= 15 is 0 Å². The summed E-state index contributed by atoms with van der Waals surface area (Å²) >= 11 is 5.97. The van der Waals surface area contributed by atoms with Gasteiger partial charge in [-0.25, -0.2) is 9.69 Å². The molecule has 0 saturated carbocycles. The van der Waals surface area contributed by atoms with Crippen LogP contribution in [0.25, 0.3) is 0 Å². The molecule has 1 aliphatic rings. The molecule has 0 N–H and O–H groups in total. The Labute approximate surface area is 220 Å². The topological polar surface area (TPSA) is 106 Å². The van der Waals surface area contributed by atoms with Crippen LogP contribution >= 0.6 is 11.6 Å². The van der Waals surface area contributed by atoms with Crippen molar-refractivity contribution in [2.75, 3.05) is 31.7 Å². The van der Waals surface area contributed by atoms with Gasteiger partial charge in [0.25, 0.3) is 5.91 Å². The Morgan fingerprint density at radius 2 is 1.68 bits per heavy atom. The number of carbonyl (C=O) groups is 4. The van der Waals surface area contributed by atoms with Crippen molar-refractivity contribution in [1.82, 2.24) is 5.01 Å². The van der Waals surface area contributed by atoms with Gasteiger partial charge in [0.2, 0.25) is 0 Å². The van der Waals surface area contributed by atoms with E-state index in [4.69, 9.17) is 16.3 Å². The van der Waals surface area contributed by atoms with E-state index in [1.165, 1.54) is 5.01 Å². The molecular formula is C25H23ClF3N3O6. The maximum Gasteiger partial charge on any atom is 0.416 e. The Kier molecular flexibility index (Phi) is 8.45. The minimum absolute atomic E-state index is 0.0938. The predicted molar refractivity (Wildman–Crippen MR) is 130 cm³/mol. The number of benzene rings is 2. The third kappa shape index (κ3) is 5.96. The van der Waals surface area contributed by atoms with Crippen molar-refractivity contribution in [3.05, 3.63) is 64.7 Å². The van der Waals surface area contributed by atoms with E-state index in [1.807, 2.05) is 0 Å². The van der Waals surface area contributed by atoms with Crippen molar-refractivity contribution in [3.63, 3.8) is 0 Å². The van der Waals surface area contributed by atoms with Gasteiger partial charge in [-0.05, 0) is 55.8 Å². The number of esters is 2. The lowest BCUT2D eigenvalue weighted by molar-refractivity contribution is -0.152. The Balaban J connectivity index is 1.96. The fourth-order valence-corrected chi connectivity index (χ4v) is 3.96. The molecule has 2 aromatic carbocycles. The fraction of sp³-hybridized carbons (Fsp3) is 0.320. The summed E-state index contributed by atoms with van der Waals surface area (Å²) in [6.07, 6.45) is -4.65. The summed E-state index contributed by atoms with van der Waals surface area (Å²) in [5, 5.41) is 6.08. The van der Waals surface area contributed by atoms with Crippen LogP contribution in [-0.4, -0.2) is 61.3 Å². The van der Waals surface area contributed by atoms with E-state index in [1.54, 1.807) is 38.1 Å². The lowest BCUT2D eigenvalue weighted by Gasteiger charge is -2.26. The van der Waals surface area contributed by atoms with Crippen molar-refractivity contribution in [2.45, 2.75) is 20.0 Å². The number of imide groups is 1. The Bertz CT molecular complexity index is 1260. The third-order valence-corrected chi connectivity index (χ3v) is 5.94. The molecule has 0 fully saturated rings. The van der Waals surface area contributed by atoms with Crippen LogP contribution in [0.1, 0.15) is 25.0 Å². The third-order valence-electron chi connectivity index (χ3n) is 5.69. The first kappa shape index (κ1) is 28.6. The van der Waals surface area contributed by atoms with E-state index < -0.39 is 47.5 Å². The van der Waals surface area contributed by atoms with Gasteiger partial charge in [-0.2, -0.15) is 18.3 Å². The average Bonchev–Trinajstić information content (AvgIpc) is 3.20. The van der Waals surface area contributed by atoms with E-state index in [0.717, 1.165) is 19.2 Å². The van der Waals surface area contributed by atoms with Crippen molar-refractivity contribution < 1.29 is 41.8 Å². The second kappa shape index (κ2) is 11.2. The monoisotopic (exact) mass is 553 g/mol. The number of hydrazone groups is 1. The summed E-state index contributed by atoms with van der Waals surface area (Å²) in [7, 11) is 0.920. The van der Waals surface area contributed by atoms with Gasteiger partial charge in [-0.3, -0.25) is 19.4 Å². The molecule has 2 amide bonds. The van der Waals surface area contributed by atoms with Crippen molar-refractivity contribution >= 4 is 46.8 Å². The van der Waals surface area contributed by atoms with Crippen LogP contribution in [0.4, 0.5) is 18.9 Å². The maximum absolute atomic E-state index is 13.3. The molecule has 0 bridgehead atoms. The summed E-state index contributed by atoms with van der Waals surface area (Å²) < 4.78 is 48.6. The van der Waals surface area contributed by atoms with Crippen molar-refractivity contribution in [3.8, 4) is 0 Å². The van der Waals surface area contributed by atoms with E-state index in [-0.39, 0.29) is 24.6 Å². The second-order valence-electron chi connectivity index (χ2n) is 8.40. The number of nitrogens with zero attached hydrogens (tertiary/aromatic N) is 3. The van der Waals surface area contributed by atoms with Crippen LogP contribution in [0.3, 0.4) is 0 Å². The van der Waals surface area contributed by atoms with Crippen LogP contribution in [0.2, 0.25) is 5.02 Å². The standard InChI is InChI=1S/C25H23ClF3N3O6/c1-4-38-23(36)24(2)14-31(30-20(24)15-5-9-17(26)10-6-15)13-19(33)32(21(34)22(35)37-3)18-11-7-16(8-12-18)25(27,28)29/h5-12H,4,13-14H2,1-3H3. The summed E-state index contributed by atoms with van der Waals surface area (Å²) in [6.45, 7) is 2.59. The summed E-state index contributed by atoms with van der Waals surface area (Å²) in [5.41, 5.74) is -1.80. The lowest BCUT2D eigenvalue weighted by atomic mass is 9.82. The molecular weight excluding hydrogens is 531 g/mol. The highest BCUT2D eigenvalue weighted by Crippen LogP contribution is 2.34. The summed E-state index contributed by atoms with van der Waals surface area (Å²) in [6, 6.07) is 9.58. The van der Waals surface area contributed by atoms with Gasteiger partial charge in [0.15, 0.2) is 0 Å². The first-order chi connectivity index (χ1) is 17.8. The largest absolute Gasteiger partial charge is 0.465 e. The van der Waals surface area contributed by atoms with Crippen LogP contribution in [0.15, 0.2) is 53.6 Å². The zero-order valence-electron chi connectivity index (χ0n) is 20.5. The molecule has 1 aliphatic heterocycles. The number of anilines is 1. The lowest BCUT2D eigenvalue weighted by Crippen LogP contribution is -2.47. The molecule has 0 radical (unpaired) electrons. The number of rotatable bonds is 6. The van der Waals surface area contributed by atoms with Gasteiger partial charge in [0.1, 0.15) is 12.0 Å². The van der Waals surface area contributed by atoms with Gasteiger partial charge in [0.05, 0.1) is 37.2 Å². The van der Waals surface area contributed by atoms with E-state index in [9.17, 15) is 32.3 Å². The second-order valence-corrected chi connectivity index (χ2v) is 8.84. The number of hydrogen-bond acceptors (Lipinski definition) is 8. The van der Waals surface area contributed by atoms with Gasteiger partial charge in [-0.15, -0.1) is 0 Å². The Morgan fingerprint density at radius 1 is 1.08 bits per heavy atom. The van der Waals surface area contributed by atoms with Crippen molar-refractivity contribution in [2.24, 2.45) is 10.5 Å². The summed E-state index contributed by atoms with van der Waals surface area (Å²) in [4.78, 5) is 51.2. The smallest absolute Gasteiger partial charge is 0.416 e. The highest BCUT2D eigenvalue weighted by atomic mass is 35.5.